The second-order valence-corrected chi connectivity index (χ2v) is 5.18. The fourth-order valence-electron chi connectivity index (χ4n) is 3.04. The lowest BCUT2D eigenvalue weighted by Crippen LogP contribution is -2.27. The summed E-state index contributed by atoms with van der Waals surface area (Å²) in [6, 6.07) is 8.53. The van der Waals surface area contributed by atoms with Crippen molar-refractivity contribution in [3.63, 3.8) is 0 Å². The summed E-state index contributed by atoms with van der Waals surface area (Å²) >= 11 is 0. The summed E-state index contributed by atoms with van der Waals surface area (Å²) in [7, 11) is 0. The minimum absolute atomic E-state index is 0.116. The lowest BCUT2D eigenvalue weighted by Gasteiger charge is -2.28. The molecule has 0 spiro atoms. The molecule has 3 nitrogen and oxygen atoms in total. The zero-order chi connectivity index (χ0) is 12.5. The number of aryl methyl sites for hydroxylation is 1. The molecule has 96 valence electrons. The Kier molecular flexibility index (Phi) is 3.10. The first-order valence-electron chi connectivity index (χ1n) is 6.68. The quantitative estimate of drug-likeness (QED) is 0.853. The molecule has 0 aliphatic carbocycles. The molecule has 0 bridgehead atoms. The van der Waals surface area contributed by atoms with Crippen LogP contribution in [-0.2, 0) is 4.74 Å². The van der Waals surface area contributed by atoms with Gasteiger partial charge in [0.1, 0.15) is 0 Å². The van der Waals surface area contributed by atoms with Crippen molar-refractivity contribution < 1.29 is 4.74 Å². The van der Waals surface area contributed by atoms with Gasteiger partial charge in [0, 0.05) is 35.9 Å². The van der Waals surface area contributed by atoms with Crippen molar-refractivity contribution in [3.05, 3.63) is 35.5 Å². The number of hydrogen-bond donors (Lipinski definition) is 2. The van der Waals surface area contributed by atoms with Crippen molar-refractivity contribution in [2.45, 2.75) is 25.8 Å². The Morgan fingerprint density at radius 1 is 1.28 bits per heavy atom. The maximum absolute atomic E-state index is 6.51. The lowest BCUT2D eigenvalue weighted by molar-refractivity contribution is 0.0584. The number of nitrogens with two attached hydrogens (primary N) is 1. The molecule has 0 radical (unpaired) electrons. The molecule has 1 aromatic carbocycles. The SMILES string of the molecule is Cc1[nH]c2ccccc2c1[C@@H](N)C1CCOCC1. The summed E-state index contributed by atoms with van der Waals surface area (Å²) in [6.45, 7) is 3.81. The predicted octanol–water partition coefficient (Wildman–Crippen LogP) is 2.90. The van der Waals surface area contributed by atoms with Gasteiger partial charge in [0.2, 0.25) is 0 Å². The van der Waals surface area contributed by atoms with Gasteiger partial charge in [0.15, 0.2) is 0 Å². The summed E-state index contributed by atoms with van der Waals surface area (Å²) in [6.07, 6.45) is 2.14. The van der Waals surface area contributed by atoms with Crippen molar-refractivity contribution in [2.24, 2.45) is 11.7 Å². The Balaban J connectivity index is 1.99. The summed E-state index contributed by atoms with van der Waals surface area (Å²) in [5, 5.41) is 1.27. The average Bonchev–Trinajstić information content (AvgIpc) is 2.75. The van der Waals surface area contributed by atoms with E-state index in [1.807, 2.05) is 0 Å². The zero-order valence-corrected chi connectivity index (χ0v) is 10.8. The molecule has 3 heteroatoms. The van der Waals surface area contributed by atoms with Crippen molar-refractivity contribution in [2.75, 3.05) is 13.2 Å². The third-order valence-electron chi connectivity index (χ3n) is 4.05. The number of para-hydroxylation sites is 1. The molecule has 2 heterocycles. The Hall–Kier alpha value is -1.32. The normalized spacial score (nSPS) is 19.2. The molecule has 1 aliphatic heterocycles. The van der Waals surface area contributed by atoms with Gasteiger partial charge in [0.25, 0.3) is 0 Å². The fraction of sp³-hybridized carbons (Fsp3) is 0.467. The minimum atomic E-state index is 0.116. The smallest absolute Gasteiger partial charge is 0.0469 e. The third-order valence-corrected chi connectivity index (χ3v) is 4.05. The number of aromatic amines is 1. The van der Waals surface area contributed by atoms with Crippen LogP contribution in [-0.4, -0.2) is 18.2 Å². The van der Waals surface area contributed by atoms with E-state index >= 15 is 0 Å². The van der Waals surface area contributed by atoms with Gasteiger partial charge in [-0.3, -0.25) is 0 Å². The Morgan fingerprint density at radius 2 is 2.00 bits per heavy atom. The molecule has 0 saturated carbocycles. The number of rotatable bonds is 2. The van der Waals surface area contributed by atoms with Crippen LogP contribution in [0.2, 0.25) is 0 Å². The van der Waals surface area contributed by atoms with Crippen LogP contribution in [0.25, 0.3) is 10.9 Å². The van der Waals surface area contributed by atoms with Crippen LogP contribution in [0.1, 0.15) is 30.1 Å². The predicted molar refractivity (Wildman–Crippen MR) is 73.5 cm³/mol. The second-order valence-electron chi connectivity index (χ2n) is 5.18. The van der Waals surface area contributed by atoms with Crippen LogP contribution < -0.4 is 5.73 Å². The van der Waals surface area contributed by atoms with Gasteiger partial charge < -0.3 is 15.5 Å². The molecule has 3 rings (SSSR count). The average molecular weight is 244 g/mol. The first-order valence-corrected chi connectivity index (χ1v) is 6.68. The van der Waals surface area contributed by atoms with E-state index in [4.69, 9.17) is 10.5 Å². The highest BCUT2D eigenvalue weighted by atomic mass is 16.5. The van der Waals surface area contributed by atoms with E-state index in [1.165, 1.54) is 22.2 Å². The molecular weight excluding hydrogens is 224 g/mol. The molecule has 3 N–H and O–H groups in total. The van der Waals surface area contributed by atoms with Gasteiger partial charge in [-0.2, -0.15) is 0 Å². The lowest BCUT2D eigenvalue weighted by atomic mass is 9.86. The minimum Gasteiger partial charge on any atom is -0.381 e. The second kappa shape index (κ2) is 4.75. The monoisotopic (exact) mass is 244 g/mol. The van der Waals surface area contributed by atoms with E-state index < -0.39 is 0 Å². The van der Waals surface area contributed by atoms with Crippen molar-refractivity contribution in [1.82, 2.24) is 4.98 Å². The van der Waals surface area contributed by atoms with Crippen LogP contribution in [0.3, 0.4) is 0 Å². The van der Waals surface area contributed by atoms with Crippen LogP contribution in [0.5, 0.6) is 0 Å². The molecule has 18 heavy (non-hydrogen) atoms. The van der Waals surface area contributed by atoms with Crippen molar-refractivity contribution in [3.8, 4) is 0 Å². The van der Waals surface area contributed by atoms with E-state index in [0.717, 1.165) is 26.1 Å². The number of H-pyrrole nitrogens is 1. The topological polar surface area (TPSA) is 51.0 Å². The standard InChI is InChI=1S/C15H20N2O/c1-10-14(12-4-2-3-5-13(12)17-10)15(16)11-6-8-18-9-7-11/h2-5,11,15,17H,6-9,16H2,1H3/t15-/m0/s1. The summed E-state index contributed by atoms with van der Waals surface area (Å²) in [5.74, 6) is 0.539. The summed E-state index contributed by atoms with van der Waals surface area (Å²) in [5.41, 5.74) is 10.2. The van der Waals surface area contributed by atoms with E-state index in [-0.39, 0.29) is 6.04 Å². The number of benzene rings is 1. The van der Waals surface area contributed by atoms with Crippen LogP contribution >= 0.6 is 0 Å². The van der Waals surface area contributed by atoms with E-state index in [2.05, 4.69) is 36.2 Å². The fourth-order valence-corrected chi connectivity index (χ4v) is 3.04. The highest BCUT2D eigenvalue weighted by Crippen LogP contribution is 2.34. The van der Waals surface area contributed by atoms with Crippen LogP contribution in [0, 0.1) is 12.8 Å². The van der Waals surface area contributed by atoms with E-state index in [0.29, 0.717) is 5.92 Å². The largest absolute Gasteiger partial charge is 0.381 e. The van der Waals surface area contributed by atoms with Gasteiger partial charge in [0.05, 0.1) is 0 Å². The first kappa shape index (κ1) is 11.8. The van der Waals surface area contributed by atoms with Crippen molar-refractivity contribution >= 4 is 10.9 Å². The van der Waals surface area contributed by atoms with Gasteiger partial charge in [-0.25, -0.2) is 0 Å². The molecule has 0 unspecified atom stereocenters. The maximum atomic E-state index is 6.51. The number of fused-ring (bicyclic) bond motifs is 1. The van der Waals surface area contributed by atoms with E-state index in [9.17, 15) is 0 Å². The highest BCUT2D eigenvalue weighted by molar-refractivity contribution is 5.85. The Bertz CT molecular complexity index is 540. The molecule has 1 aromatic heterocycles. The molecule has 1 aliphatic rings. The maximum Gasteiger partial charge on any atom is 0.0469 e. The van der Waals surface area contributed by atoms with Gasteiger partial charge in [-0.1, -0.05) is 18.2 Å². The third kappa shape index (κ3) is 1.93. The highest BCUT2D eigenvalue weighted by Gasteiger charge is 2.25. The number of aromatic nitrogens is 1. The van der Waals surface area contributed by atoms with E-state index in [1.54, 1.807) is 0 Å². The Labute approximate surface area is 107 Å². The van der Waals surface area contributed by atoms with Crippen LogP contribution in [0.15, 0.2) is 24.3 Å². The molecule has 2 aromatic rings. The number of ether oxygens (including phenoxy) is 1. The van der Waals surface area contributed by atoms with Gasteiger partial charge in [-0.05, 0) is 37.3 Å². The van der Waals surface area contributed by atoms with Crippen molar-refractivity contribution in [1.29, 1.82) is 0 Å². The Morgan fingerprint density at radius 3 is 2.78 bits per heavy atom. The molecule has 1 saturated heterocycles. The molecule has 0 amide bonds. The van der Waals surface area contributed by atoms with Gasteiger partial charge >= 0.3 is 0 Å². The summed E-state index contributed by atoms with van der Waals surface area (Å²) < 4.78 is 5.42. The number of nitrogens with one attached hydrogen (secondary N) is 1. The van der Waals surface area contributed by atoms with Crippen LogP contribution in [0.4, 0.5) is 0 Å². The molecular formula is C15H20N2O. The first-order chi connectivity index (χ1) is 8.77. The molecule has 1 fully saturated rings. The number of hydrogen-bond acceptors (Lipinski definition) is 2. The van der Waals surface area contributed by atoms with Gasteiger partial charge in [-0.15, -0.1) is 0 Å². The summed E-state index contributed by atoms with van der Waals surface area (Å²) in [4.78, 5) is 3.44. The molecule has 1 atom stereocenters. The zero-order valence-electron chi connectivity index (χ0n) is 10.8.